The van der Waals surface area contributed by atoms with E-state index in [1.54, 1.807) is 0 Å². The molecule has 29 heavy (non-hydrogen) atoms. The third kappa shape index (κ3) is 6.27. The number of carbonyl (C=O) groups excluding carboxylic acids is 2. The van der Waals surface area contributed by atoms with Gasteiger partial charge >= 0.3 is 0 Å². The number of Topliss-reactive ketones (excluding diaryl/α,β-unsaturated/α-hetero) is 2. The van der Waals surface area contributed by atoms with Gasteiger partial charge in [0.05, 0.1) is 6.42 Å². The van der Waals surface area contributed by atoms with Gasteiger partial charge in [-0.2, -0.15) is 0 Å². The van der Waals surface area contributed by atoms with Gasteiger partial charge in [-0.05, 0) is 68.3 Å². The van der Waals surface area contributed by atoms with Gasteiger partial charge in [-0.3, -0.25) is 9.59 Å². The van der Waals surface area contributed by atoms with Gasteiger partial charge in [0.15, 0.2) is 0 Å². The third-order valence-corrected chi connectivity index (χ3v) is 7.90. The standard InChI is InChI=1S/C27H40O2/c1-3-22-15-16-25(18-23(22)4-2)27(29)19-26(28)24-12-8-11-21(13-14-24)17-20-9-6-5-7-10-20/h5-7,9-10,21-25H,3-4,8,11-19H2,1-2H3. The van der Waals surface area contributed by atoms with E-state index < -0.39 is 0 Å². The number of hydrogen-bond donors (Lipinski definition) is 0. The second-order valence-electron chi connectivity index (χ2n) is 9.72. The Morgan fingerprint density at radius 2 is 1.48 bits per heavy atom. The monoisotopic (exact) mass is 396 g/mol. The fourth-order valence-corrected chi connectivity index (χ4v) is 5.97. The quantitative estimate of drug-likeness (QED) is 0.357. The predicted octanol–water partition coefficient (Wildman–Crippen LogP) is 6.81. The molecule has 2 aliphatic rings. The lowest BCUT2D eigenvalue weighted by Crippen LogP contribution is -2.30. The lowest BCUT2D eigenvalue weighted by molar-refractivity contribution is -0.132. The molecule has 2 aliphatic carbocycles. The zero-order chi connectivity index (χ0) is 20.6. The van der Waals surface area contributed by atoms with Gasteiger partial charge < -0.3 is 0 Å². The summed E-state index contributed by atoms with van der Waals surface area (Å²) in [5.74, 6) is 2.88. The topological polar surface area (TPSA) is 34.1 Å². The summed E-state index contributed by atoms with van der Waals surface area (Å²) in [4.78, 5) is 25.8. The number of hydrogen-bond acceptors (Lipinski definition) is 2. The maximum atomic E-state index is 12.9. The van der Waals surface area contributed by atoms with E-state index >= 15 is 0 Å². The number of rotatable bonds is 8. The number of benzene rings is 1. The Bertz CT molecular complexity index is 650. The van der Waals surface area contributed by atoms with Crippen LogP contribution in [0.1, 0.15) is 90.0 Å². The molecular formula is C27H40O2. The van der Waals surface area contributed by atoms with Crippen LogP contribution in [-0.4, -0.2) is 11.6 Å². The average molecular weight is 397 g/mol. The van der Waals surface area contributed by atoms with Crippen LogP contribution in [-0.2, 0) is 16.0 Å². The third-order valence-electron chi connectivity index (χ3n) is 7.90. The van der Waals surface area contributed by atoms with Gasteiger partial charge in [0.25, 0.3) is 0 Å². The highest BCUT2D eigenvalue weighted by Crippen LogP contribution is 2.39. The second-order valence-corrected chi connectivity index (χ2v) is 9.72. The van der Waals surface area contributed by atoms with Crippen LogP contribution < -0.4 is 0 Å². The summed E-state index contributed by atoms with van der Waals surface area (Å²) in [6.45, 7) is 4.53. The molecule has 0 saturated heterocycles. The van der Waals surface area contributed by atoms with Crippen LogP contribution in [0.2, 0.25) is 0 Å². The molecule has 0 amide bonds. The van der Waals surface area contributed by atoms with Crippen molar-refractivity contribution < 1.29 is 9.59 Å². The zero-order valence-corrected chi connectivity index (χ0v) is 18.6. The molecule has 1 aromatic rings. The Kier molecular flexibility index (Phi) is 8.51. The molecule has 0 bridgehead atoms. The van der Waals surface area contributed by atoms with Crippen molar-refractivity contribution in [3.63, 3.8) is 0 Å². The minimum absolute atomic E-state index is 0.119. The van der Waals surface area contributed by atoms with E-state index in [0.29, 0.717) is 11.8 Å². The van der Waals surface area contributed by atoms with Crippen LogP contribution in [0.5, 0.6) is 0 Å². The van der Waals surface area contributed by atoms with Crippen molar-refractivity contribution in [3.05, 3.63) is 35.9 Å². The molecule has 0 N–H and O–H groups in total. The average Bonchev–Trinajstić information content (AvgIpc) is 2.99. The van der Waals surface area contributed by atoms with E-state index in [-0.39, 0.29) is 29.8 Å². The summed E-state index contributed by atoms with van der Waals surface area (Å²) in [5, 5.41) is 0. The van der Waals surface area contributed by atoms with E-state index in [0.717, 1.165) is 50.9 Å². The van der Waals surface area contributed by atoms with Gasteiger partial charge in [0.1, 0.15) is 11.6 Å². The summed E-state index contributed by atoms with van der Waals surface area (Å²) in [6.07, 6.45) is 12.3. The Morgan fingerprint density at radius 1 is 0.793 bits per heavy atom. The van der Waals surface area contributed by atoms with E-state index in [2.05, 4.69) is 44.2 Å². The highest BCUT2D eigenvalue weighted by molar-refractivity contribution is 6.01. The molecule has 2 nitrogen and oxygen atoms in total. The SMILES string of the molecule is CCC1CCC(C(=O)CC(=O)C2CCCC(Cc3ccccc3)CC2)CC1CC. The molecule has 5 unspecified atom stereocenters. The fraction of sp³-hybridized carbons (Fsp3) is 0.704. The lowest BCUT2D eigenvalue weighted by atomic mass is 9.70. The van der Waals surface area contributed by atoms with Crippen LogP contribution in [0.25, 0.3) is 0 Å². The van der Waals surface area contributed by atoms with Gasteiger partial charge in [-0.1, -0.05) is 69.9 Å². The maximum Gasteiger partial charge on any atom is 0.143 e. The first-order chi connectivity index (χ1) is 14.1. The molecule has 2 saturated carbocycles. The van der Waals surface area contributed by atoms with Crippen molar-refractivity contribution in [2.24, 2.45) is 29.6 Å². The van der Waals surface area contributed by atoms with Crippen LogP contribution in [0.15, 0.2) is 30.3 Å². The van der Waals surface area contributed by atoms with Crippen molar-refractivity contribution in [3.8, 4) is 0 Å². The van der Waals surface area contributed by atoms with E-state index in [4.69, 9.17) is 0 Å². The molecule has 1 aromatic carbocycles. The Labute approximate surface area is 177 Å². The minimum atomic E-state index is 0.119. The molecule has 0 spiro atoms. The van der Waals surface area contributed by atoms with E-state index in [9.17, 15) is 9.59 Å². The van der Waals surface area contributed by atoms with Gasteiger partial charge in [0.2, 0.25) is 0 Å². The fourth-order valence-electron chi connectivity index (χ4n) is 5.97. The van der Waals surface area contributed by atoms with Crippen LogP contribution in [0.4, 0.5) is 0 Å². The molecule has 5 atom stereocenters. The van der Waals surface area contributed by atoms with Gasteiger partial charge in [-0.25, -0.2) is 0 Å². The van der Waals surface area contributed by atoms with Crippen molar-refractivity contribution in [1.29, 1.82) is 0 Å². The molecule has 2 heteroatoms. The molecule has 0 radical (unpaired) electrons. The maximum absolute atomic E-state index is 12.9. The largest absolute Gasteiger partial charge is 0.299 e. The van der Waals surface area contributed by atoms with Crippen LogP contribution in [0, 0.1) is 29.6 Å². The number of carbonyl (C=O) groups is 2. The smallest absolute Gasteiger partial charge is 0.143 e. The molecule has 0 aromatic heterocycles. The molecular weight excluding hydrogens is 356 g/mol. The molecule has 0 heterocycles. The highest BCUT2D eigenvalue weighted by atomic mass is 16.1. The first-order valence-corrected chi connectivity index (χ1v) is 12.2. The second kappa shape index (κ2) is 11.1. The summed E-state index contributed by atoms with van der Waals surface area (Å²) in [5.41, 5.74) is 1.41. The highest BCUT2D eigenvalue weighted by Gasteiger charge is 2.33. The first-order valence-electron chi connectivity index (χ1n) is 12.2. The minimum Gasteiger partial charge on any atom is -0.299 e. The lowest BCUT2D eigenvalue weighted by Gasteiger charge is -2.34. The summed E-state index contributed by atoms with van der Waals surface area (Å²) < 4.78 is 0. The van der Waals surface area contributed by atoms with Crippen molar-refractivity contribution in [1.82, 2.24) is 0 Å². The molecule has 160 valence electrons. The Balaban J connectivity index is 1.47. The van der Waals surface area contributed by atoms with Crippen molar-refractivity contribution in [2.45, 2.75) is 90.9 Å². The first kappa shape index (κ1) is 22.2. The van der Waals surface area contributed by atoms with Gasteiger partial charge in [-0.15, -0.1) is 0 Å². The van der Waals surface area contributed by atoms with Crippen molar-refractivity contribution in [2.75, 3.05) is 0 Å². The van der Waals surface area contributed by atoms with Crippen molar-refractivity contribution >= 4 is 11.6 Å². The van der Waals surface area contributed by atoms with Crippen LogP contribution >= 0.6 is 0 Å². The summed E-state index contributed by atoms with van der Waals surface area (Å²) in [6, 6.07) is 10.7. The molecule has 0 aliphatic heterocycles. The summed E-state index contributed by atoms with van der Waals surface area (Å²) >= 11 is 0. The molecule has 2 fully saturated rings. The molecule has 3 rings (SSSR count). The van der Waals surface area contributed by atoms with E-state index in [1.807, 2.05) is 0 Å². The normalized spacial score (nSPS) is 30.5. The zero-order valence-electron chi connectivity index (χ0n) is 18.6. The predicted molar refractivity (Wildman–Crippen MR) is 120 cm³/mol. The van der Waals surface area contributed by atoms with Crippen LogP contribution in [0.3, 0.4) is 0 Å². The number of ketones is 2. The van der Waals surface area contributed by atoms with E-state index in [1.165, 1.54) is 31.2 Å². The summed E-state index contributed by atoms with van der Waals surface area (Å²) in [7, 11) is 0. The van der Waals surface area contributed by atoms with Gasteiger partial charge in [0, 0.05) is 11.8 Å². The Hall–Kier alpha value is -1.44. The Morgan fingerprint density at radius 3 is 2.21 bits per heavy atom.